The van der Waals surface area contributed by atoms with Gasteiger partial charge in [0, 0.05) is 36.1 Å². The van der Waals surface area contributed by atoms with Gasteiger partial charge in [-0.05, 0) is 62.4 Å². The fourth-order valence-electron chi connectivity index (χ4n) is 4.62. The van der Waals surface area contributed by atoms with Crippen LogP contribution in [-0.4, -0.2) is 33.0 Å². The molecular weight excluding hydrogens is 450 g/mol. The summed E-state index contributed by atoms with van der Waals surface area (Å²) in [6, 6.07) is 16.0. The van der Waals surface area contributed by atoms with Crippen molar-refractivity contribution in [3.63, 3.8) is 0 Å². The van der Waals surface area contributed by atoms with Gasteiger partial charge in [0.25, 0.3) is 0 Å². The molecule has 3 aromatic heterocycles. The minimum Gasteiger partial charge on any atom is -0.348 e. The van der Waals surface area contributed by atoms with Crippen molar-refractivity contribution in [1.29, 1.82) is 0 Å². The minimum absolute atomic E-state index is 0.173. The fourth-order valence-corrected chi connectivity index (χ4v) is 5.92. The van der Waals surface area contributed by atoms with E-state index in [0.717, 1.165) is 64.4 Å². The monoisotopic (exact) mass is 473 g/mol. The van der Waals surface area contributed by atoms with Crippen molar-refractivity contribution in [2.75, 3.05) is 18.0 Å². The highest BCUT2D eigenvalue weighted by molar-refractivity contribution is 7.19. The molecule has 4 aromatic rings. The van der Waals surface area contributed by atoms with Gasteiger partial charge >= 0.3 is 0 Å². The SMILES string of the molecule is Clc1cccc(-c2nc(N3CCCCC3)sc2-c2ccnc(C3(c4ccccn4)CC3)n2)c1. The molecule has 6 rings (SSSR count). The van der Waals surface area contributed by atoms with E-state index < -0.39 is 0 Å². The van der Waals surface area contributed by atoms with Crippen LogP contribution in [0.4, 0.5) is 5.13 Å². The molecule has 33 heavy (non-hydrogen) atoms. The molecule has 1 saturated carbocycles. The molecule has 1 aromatic carbocycles. The van der Waals surface area contributed by atoms with Gasteiger partial charge in [0.1, 0.15) is 5.82 Å². The molecule has 2 aliphatic rings. The maximum atomic E-state index is 6.34. The highest BCUT2D eigenvalue weighted by atomic mass is 35.5. The van der Waals surface area contributed by atoms with Crippen LogP contribution in [0.25, 0.3) is 21.8 Å². The molecule has 5 nitrogen and oxygen atoms in total. The molecule has 166 valence electrons. The first kappa shape index (κ1) is 20.8. The van der Waals surface area contributed by atoms with Gasteiger partial charge in [-0.3, -0.25) is 4.98 Å². The summed E-state index contributed by atoms with van der Waals surface area (Å²) in [5, 5.41) is 1.77. The van der Waals surface area contributed by atoms with E-state index in [4.69, 9.17) is 26.6 Å². The molecule has 0 radical (unpaired) electrons. The molecule has 0 bridgehead atoms. The molecule has 1 aliphatic carbocycles. The Bertz CT molecular complexity index is 1280. The standard InChI is InChI=1S/C26H24ClN5S/c27-19-8-6-7-18(17-19)22-23(33-25(31-22)32-15-4-1-5-16-32)20-10-14-29-24(30-20)26(11-12-26)21-9-2-3-13-28-21/h2-3,6-10,13-14,17H,1,4-5,11-12,15-16H2. The van der Waals surface area contributed by atoms with Crippen LogP contribution in [-0.2, 0) is 5.41 Å². The smallest absolute Gasteiger partial charge is 0.186 e. The highest BCUT2D eigenvalue weighted by Crippen LogP contribution is 2.51. The average Bonchev–Trinajstić information content (AvgIpc) is 3.57. The topological polar surface area (TPSA) is 54.8 Å². The van der Waals surface area contributed by atoms with Gasteiger partial charge in [-0.15, -0.1) is 0 Å². The number of hydrogen-bond acceptors (Lipinski definition) is 6. The van der Waals surface area contributed by atoms with Crippen LogP contribution in [0, 0.1) is 0 Å². The predicted molar refractivity (Wildman–Crippen MR) is 134 cm³/mol. The van der Waals surface area contributed by atoms with Gasteiger partial charge in [-0.1, -0.05) is 41.1 Å². The summed E-state index contributed by atoms with van der Waals surface area (Å²) >= 11 is 8.06. The number of piperidine rings is 1. The first-order valence-electron chi connectivity index (χ1n) is 11.5. The van der Waals surface area contributed by atoms with Crippen molar-refractivity contribution in [3.05, 3.63) is 77.5 Å². The lowest BCUT2D eigenvalue weighted by Crippen LogP contribution is -2.29. The van der Waals surface area contributed by atoms with E-state index in [1.54, 1.807) is 11.3 Å². The molecule has 2 fully saturated rings. The third-order valence-corrected chi connectivity index (χ3v) is 7.94. The molecular formula is C26H24ClN5S. The molecule has 0 unspecified atom stereocenters. The van der Waals surface area contributed by atoms with E-state index in [2.05, 4.69) is 22.0 Å². The Labute approximate surface area is 202 Å². The molecule has 0 atom stereocenters. The largest absolute Gasteiger partial charge is 0.348 e. The zero-order valence-corrected chi connectivity index (χ0v) is 19.8. The number of hydrogen-bond donors (Lipinski definition) is 0. The Kier molecular flexibility index (Phi) is 5.35. The maximum Gasteiger partial charge on any atom is 0.186 e. The Morgan fingerprint density at radius 1 is 0.879 bits per heavy atom. The molecule has 7 heteroatoms. The summed E-state index contributed by atoms with van der Waals surface area (Å²) in [6.07, 6.45) is 9.50. The number of rotatable bonds is 5. The van der Waals surface area contributed by atoms with Crippen LogP contribution in [0.2, 0.25) is 5.02 Å². The van der Waals surface area contributed by atoms with Crippen molar-refractivity contribution < 1.29 is 0 Å². The maximum absolute atomic E-state index is 6.34. The third kappa shape index (κ3) is 3.91. The van der Waals surface area contributed by atoms with Crippen molar-refractivity contribution in [2.24, 2.45) is 0 Å². The number of anilines is 1. The number of nitrogens with zero attached hydrogens (tertiary/aromatic N) is 5. The molecule has 0 amide bonds. The first-order valence-corrected chi connectivity index (χ1v) is 12.7. The van der Waals surface area contributed by atoms with Crippen LogP contribution >= 0.6 is 22.9 Å². The van der Waals surface area contributed by atoms with Gasteiger partial charge < -0.3 is 4.90 Å². The number of aromatic nitrogens is 4. The van der Waals surface area contributed by atoms with Gasteiger partial charge in [-0.25, -0.2) is 15.0 Å². The fraction of sp³-hybridized carbons (Fsp3) is 0.308. The molecule has 1 saturated heterocycles. The zero-order valence-electron chi connectivity index (χ0n) is 18.2. The summed E-state index contributed by atoms with van der Waals surface area (Å²) in [5.74, 6) is 0.851. The minimum atomic E-state index is -0.173. The lowest BCUT2D eigenvalue weighted by molar-refractivity contribution is 0.577. The van der Waals surface area contributed by atoms with E-state index in [0.29, 0.717) is 5.02 Å². The van der Waals surface area contributed by atoms with E-state index in [1.807, 2.05) is 48.8 Å². The second-order valence-corrected chi connectivity index (χ2v) is 10.2. The van der Waals surface area contributed by atoms with Crippen LogP contribution < -0.4 is 4.90 Å². The zero-order chi connectivity index (χ0) is 22.3. The Morgan fingerprint density at radius 2 is 1.76 bits per heavy atom. The van der Waals surface area contributed by atoms with E-state index >= 15 is 0 Å². The number of halogens is 1. The van der Waals surface area contributed by atoms with Gasteiger partial charge in [0.15, 0.2) is 5.13 Å². The second-order valence-electron chi connectivity index (χ2n) is 8.79. The van der Waals surface area contributed by atoms with Crippen molar-refractivity contribution >= 4 is 28.1 Å². The lowest BCUT2D eigenvalue weighted by atomic mass is 10.0. The van der Waals surface area contributed by atoms with Crippen LogP contribution in [0.3, 0.4) is 0 Å². The summed E-state index contributed by atoms with van der Waals surface area (Å²) in [6.45, 7) is 2.11. The first-order chi connectivity index (χ1) is 16.2. The van der Waals surface area contributed by atoms with E-state index in [1.165, 1.54) is 19.3 Å². The van der Waals surface area contributed by atoms with Crippen molar-refractivity contribution in [1.82, 2.24) is 19.9 Å². The van der Waals surface area contributed by atoms with Gasteiger partial charge in [0.2, 0.25) is 0 Å². The quantitative estimate of drug-likeness (QED) is 0.336. The number of pyridine rings is 1. The van der Waals surface area contributed by atoms with Crippen molar-refractivity contribution in [3.8, 4) is 21.8 Å². The van der Waals surface area contributed by atoms with Gasteiger partial charge in [0.05, 0.1) is 27.4 Å². The highest BCUT2D eigenvalue weighted by Gasteiger charge is 2.50. The average molecular weight is 474 g/mol. The lowest BCUT2D eigenvalue weighted by Gasteiger charge is -2.25. The third-order valence-electron chi connectivity index (χ3n) is 6.56. The van der Waals surface area contributed by atoms with Crippen LogP contribution in [0.5, 0.6) is 0 Å². The summed E-state index contributed by atoms with van der Waals surface area (Å²) < 4.78 is 0. The predicted octanol–water partition coefficient (Wildman–Crippen LogP) is 6.39. The van der Waals surface area contributed by atoms with E-state index in [-0.39, 0.29) is 5.41 Å². The van der Waals surface area contributed by atoms with Crippen molar-refractivity contribution in [2.45, 2.75) is 37.5 Å². The molecule has 0 spiro atoms. The molecule has 0 N–H and O–H groups in total. The normalized spacial score (nSPS) is 17.2. The van der Waals surface area contributed by atoms with Gasteiger partial charge in [-0.2, -0.15) is 0 Å². The van der Waals surface area contributed by atoms with E-state index in [9.17, 15) is 0 Å². The number of thiazole rings is 1. The summed E-state index contributed by atoms with van der Waals surface area (Å²) in [5.41, 5.74) is 3.75. The molecule has 4 heterocycles. The van der Waals surface area contributed by atoms with Crippen LogP contribution in [0.15, 0.2) is 60.9 Å². The second kappa shape index (κ2) is 8.50. The molecule has 1 aliphatic heterocycles. The summed E-state index contributed by atoms with van der Waals surface area (Å²) in [7, 11) is 0. The Morgan fingerprint density at radius 3 is 2.52 bits per heavy atom. The Hall–Kier alpha value is -2.83. The summed E-state index contributed by atoms with van der Waals surface area (Å²) in [4.78, 5) is 23.0. The van der Waals surface area contributed by atoms with Crippen LogP contribution in [0.1, 0.15) is 43.6 Å². The number of benzene rings is 1. The Balaban J connectivity index is 1.45.